The molecule has 0 saturated carbocycles. The predicted octanol–water partition coefficient (Wildman–Crippen LogP) is 4.68. The van der Waals surface area contributed by atoms with Crippen molar-refractivity contribution >= 4 is 17.5 Å². The quantitative estimate of drug-likeness (QED) is 0.677. The molecule has 0 unspecified atom stereocenters. The van der Waals surface area contributed by atoms with Crippen LogP contribution in [-0.2, 0) is 17.8 Å². The van der Waals surface area contributed by atoms with Gasteiger partial charge < -0.3 is 4.90 Å². The summed E-state index contributed by atoms with van der Waals surface area (Å²) in [7, 11) is 0. The van der Waals surface area contributed by atoms with Crippen molar-refractivity contribution in [2.45, 2.75) is 64.8 Å². The molecule has 0 radical (unpaired) electrons. The molecule has 2 saturated heterocycles. The fourth-order valence-electron chi connectivity index (χ4n) is 4.89. The van der Waals surface area contributed by atoms with Gasteiger partial charge in [0.15, 0.2) is 0 Å². The molecular formula is C25H33ClN4O. The van der Waals surface area contributed by atoms with E-state index in [1.54, 1.807) is 0 Å². The number of hydrogen-bond donors (Lipinski definition) is 0. The van der Waals surface area contributed by atoms with E-state index in [9.17, 15) is 4.79 Å². The molecule has 1 aromatic carbocycles. The summed E-state index contributed by atoms with van der Waals surface area (Å²) >= 11 is 6.37. The second-order valence-electron chi connectivity index (χ2n) is 9.02. The van der Waals surface area contributed by atoms with Crippen LogP contribution in [0, 0.1) is 13.8 Å². The summed E-state index contributed by atoms with van der Waals surface area (Å²) in [6.07, 6.45) is 6.11. The van der Waals surface area contributed by atoms with E-state index in [-0.39, 0.29) is 5.91 Å². The first-order chi connectivity index (χ1) is 15.0. The van der Waals surface area contributed by atoms with E-state index >= 15 is 0 Å². The van der Waals surface area contributed by atoms with Gasteiger partial charge in [-0.05, 0) is 64.1 Å². The first-order valence-electron chi connectivity index (χ1n) is 11.6. The van der Waals surface area contributed by atoms with E-state index < -0.39 is 0 Å². The molecule has 166 valence electrons. The number of benzene rings is 1. The first kappa shape index (κ1) is 22.2. The molecule has 0 spiro atoms. The average Bonchev–Trinajstić information content (AvgIpc) is 2.78. The minimum Gasteiger partial charge on any atom is -0.342 e. The molecule has 1 atom stereocenters. The highest BCUT2D eigenvalue weighted by Crippen LogP contribution is 2.28. The van der Waals surface area contributed by atoms with Crippen molar-refractivity contribution in [2.24, 2.45) is 0 Å². The fourth-order valence-corrected chi connectivity index (χ4v) is 5.08. The monoisotopic (exact) mass is 440 g/mol. The standard InChI is InChI=1S/C25H33ClN4O/c1-18-22(15-24(31)30-13-6-3-7-14-30)19(2)28-25(27-18)21-10-8-12-29(17-21)16-20-9-4-5-11-23(20)26/h4-5,9,11,21H,3,6-8,10,12-17H2,1-2H3/t21-/m1/s1. The maximum atomic E-state index is 12.8. The maximum absolute atomic E-state index is 12.8. The number of halogens is 1. The second kappa shape index (κ2) is 10.1. The molecule has 1 amide bonds. The Balaban J connectivity index is 1.44. The van der Waals surface area contributed by atoms with Crippen molar-refractivity contribution in [3.05, 3.63) is 57.6 Å². The van der Waals surface area contributed by atoms with Gasteiger partial charge >= 0.3 is 0 Å². The van der Waals surface area contributed by atoms with Crippen molar-refractivity contribution < 1.29 is 4.79 Å². The third-order valence-corrected chi connectivity index (χ3v) is 7.07. The molecular weight excluding hydrogens is 408 g/mol. The van der Waals surface area contributed by atoms with Gasteiger partial charge in [0.05, 0.1) is 6.42 Å². The van der Waals surface area contributed by atoms with Crippen LogP contribution in [0.15, 0.2) is 24.3 Å². The third-order valence-electron chi connectivity index (χ3n) is 6.70. The van der Waals surface area contributed by atoms with Crippen LogP contribution in [0.3, 0.4) is 0 Å². The Hall–Kier alpha value is -1.98. The molecule has 3 heterocycles. The number of aryl methyl sites for hydroxylation is 2. The number of aromatic nitrogens is 2. The van der Waals surface area contributed by atoms with Gasteiger partial charge in [-0.3, -0.25) is 9.69 Å². The van der Waals surface area contributed by atoms with Gasteiger partial charge in [-0.2, -0.15) is 0 Å². The van der Waals surface area contributed by atoms with Gasteiger partial charge in [-0.1, -0.05) is 29.8 Å². The SMILES string of the molecule is Cc1nc([C@@H]2CCCN(Cc3ccccc3Cl)C2)nc(C)c1CC(=O)N1CCCCC1. The van der Waals surface area contributed by atoms with Crippen molar-refractivity contribution in [3.8, 4) is 0 Å². The zero-order valence-corrected chi connectivity index (χ0v) is 19.5. The Labute approximate surface area is 190 Å². The fraction of sp³-hybridized carbons (Fsp3) is 0.560. The number of nitrogens with zero attached hydrogens (tertiary/aromatic N) is 4. The van der Waals surface area contributed by atoms with Crippen LogP contribution in [0.1, 0.15) is 66.4 Å². The van der Waals surface area contributed by atoms with E-state index in [2.05, 4.69) is 11.0 Å². The number of rotatable bonds is 5. The predicted molar refractivity (Wildman–Crippen MR) is 124 cm³/mol. The van der Waals surface area contributed by atoms with Crippen LogP contribution >= 0.6 is 11.6 Å². The van der Waals surface area contributed by atoms with Crippen molar-refractivity contribution in [1.29, 1.82) is 0 Å². The Morgan fingerprint density at radius 1 is 1.03 bits per heavy atom. The van der Waals surface area contributed by atoms with Crippen LogP contribution in [0.2, 0.25) is 5.02 Å². The molecule has 2 aliphatic rings. The molecule has 2 aliphatic heterocycles. The Kier molecular flexibility index (Phi) is 7.24. The van der Waals surface area contributed by atoms with E-state index in [1.165, 1.54) is 12.0 Å². The number of amides is 1. The highest BCUT2D eigenvalue weighted by molar-refractivity contribution is 6.31. The lowest BCUT2D eigenvalue weighted by atomic mass is 9.95. The third kappa shape index (κ3) is 5.45. The summed E-state index contributed by atoms with van der Waals surface area (Å²) in [6, 6.07) is 8.08. The minimum atomic E-state index is 0.214. The normalized spacial score (nSPS) is 20.1. The van der Waals surface area contributed by atoms with E-state index in [0.717, 1.165) is 86.2 Å². The molecule has 1 aromatic heterocycles. The van der Waals surface area contributed by atoms with Gasteiger partial charge in [-0.15, -0.1) is 0 Å². The first-order valence-corrected chi connectivity index (χ1v) is 12.0. The Morgan fingerprint density at radius 2 is 1.74 bits per heavy atom. The van der Waals surface area contributed by atoms with Gasteiger partial charge in [0.1, 0.15) is 5.82 Å². The zero-order chi connectivity index (χ0) is 21.8. The highest BCUT2D eigenvalue weighted by Gasteiger charge is 2.26. The van der Waals surface area contributed by atoms with Crippen molar-refractivity contribution in [2.75, 3.05) is 26.2 Å². The maximum Gasteiger partial charge on any atom is 0.227 e. The smallest absolute Gasteiger partial charge is 0.227 e. The van der Waals surface area contributed by atoms with Crippen molar-refractivity contribution in [1.82, 2.24) is 19.8 Å². The van der Waals surface area contributed by atoms with E-state index in [1.807, 2.05) is 36.9 Å². The van der Waals surface area contributed by atoms with Gasteiger partial charge in [0.25, 0.3) is 0 Å². The molecule has 5 nitrogen and oxygen atoms in total. The van der Waals surface area contributed by atoms with Crippen molar-refractivity contribution in [3.63, 3.8) is 0 Å². The Bertz CT molecular complexity index is 902. The van der Waals surface area contributed by atoms with Crippen LogP contribution in [-0.4, -0.2) is 51.9 Å². The molecule has 0 bridgehead atoms. The summed E-state index contributed by atoms with van der Waals surface area (Å²) in [4.78, 5) is 27.0. The van der Waals surface area contributed by atoms with Gasteiger partial charge in [0, 0.05) is 54.1 Å². The Morgan fingerprint density at radius 3 is 2.45 bits per heavy atom. The summed E-state index contributed by atoms with van der Waals surface area (Å²) < 4.78 is 0. The zero-order valence-electron chi connectivity index (χ0n) is 18.7. The number of hydrogen-bond acceptors (Lipinski definition) is 4. The largest absolute Gasteiger partial charge is 0.342 e. The summed E-state index contributed by atoms with van der Waals surface area (Å²) in [5.74, 6) is 1.46. The summed E-state index contributed by atoms with van der Waals surface area (Å²) in [5.41, 5.74) is 4.08. The lowest BCUT2D eigenvalue weighted by Crippen LogP contribution is -2.37. The molecule has 0 aliphatic carbocycles. The number of carbonyl (C=O) groups is 1. The number of piperidine rings is 2. The summed E-state index contributed by atoms with van der Waals surface area (Å²) in [5, 5.41) is 0.829. The molecule has 4 rings (SSSR count). The van der Waals surface area contributed by atoms with Crippen LogP contribution in [0.25, 0.3) is 0 Å². The topological polar surface area (TPSA) is 49.3 Å². The molecule has 6 heteroatoms. The van der Waals surface area contributed by atoms with Crippen LogP contribution < -0.4 is 0 Å². The van der Waals surface area contributed by atoms with Crippen LogP contribution in [0.4, 0.5) is 0 Å². The lowest BCUT2D eigenvalue weighted by molar-refractivity contribution is -0.131. The molecule has 31 heavy (non-hydrogen) atoms. The van der Waals surface area contributed by atoms with Gasteiger partial charge in [0.2, 0.25) is 5.91 Å². The minimum absolute atomic E-state index is 0.214. The molecule has 0 N–H and O–H groups in total. The highest BCUT2D eigenvalue weighted by atomic mass is 35.5. The average molecular weight is 441 g/mol. The molecule has 2 aromatic rings. The van der Waals surface area contributed by atoms with E-state index in [4.69, 9.17) is 21.6 Å². The summed E-state index contributed by atoms with van der Waals surface area (Å²) in [6.45, 7) is 8.70. The lowest BCUT2D eigenvalue weighted by Gasteiger charge is -2.32. The van der Waals surface area contributed by atoms with Gasteiger partial charge in [-0.25, -0.2) is 9.97 Å². The number of likely N-dealkylation sites (tertiary alicyclic amines) is 2. The second-order valence-corrected chi connectivity index (χ2v) is 9.42. The molecule has 2 fully saturated rings. The van der Waals surface area contributed by atoms with Crippen LogP contribution in [0.5, 0.6) is 0 Å². The number of carbonyl (C=O) groups excluding carboxylic acids is 1. The van der Waals surface area contributed by atoms with E-state index in [0.29, 0.717) is 12.3 Å².